The zero-order valence-electron chi connectivity index (χ0n) is 15.3. The number of aromatic nitrogens is 2. The van der Waals surface area contributed by atoms with E-state index in [1.165, 1.54) is 0 Å². The molecule has 0 spiro atoms. The highest BCUT2D eigenvalue weighted by Crippen LogP contribution is 2.23. The summed E-state index contributed by atoms with van der Waals surface area (Å²) in [6.07, 6.45) is 1.43. The number of sulfonamides is 1. The maximum absolute atomic E-state index is 12.4. The van der Waals surface area contributed by atoms with E-state index >= 15 is 0 Å². The first-order chi connectivity index (χ1) is 12.1. The summed E-state index contributed by atoms with van der Waals surface area (Å²) in [6, 6.07) is 9.63. The third-order valence-electron chi connectivity index (χ3n) is 3.60. The second-order valence-electron chi connectivity index (χ2n) is 7.12. The molecule has 0 saturated carbocycles. The van der Waals surface area contributed by atoms with Crippen molar-refractivity contribution in [1.82, 2.24) is 14.9 Å². The van der Waals surface area contributed by atoms with E-state index in [1.54, 1.807) is 20.8 Å². The Balaban J connectivity index is 1.96. The third-order valence-corrected chi connectivity index (χ3v) is 6.40. The van der Waals surface area contributed by atoms with E-state index in [0.29, 0.717) is 6.42 Å². The van der Waals surface area contributed by atoms with E-state index in [0.717, 1.165) is 23.3 Å². The average Bonchev–Trinajstić information content (AvgIpc) is 3.02. The van der Waals surface area contributed by atoms with Gasteiger partial charge in [0.05, 0.1) is 0 Å². The van der Waals surface area contributed by atoms with Gasteiger partial charge in [0.25, 0.3) is 10.0 Å². The number of nitrogens with zero attached hydrogens (tertiary/aromatic N) is 2. The number of amides is 1. The molecule has 0 saturated heterocycles. The molecule has 0 bridgehead atoms. The van der Waals surface area contributed by atoms with Gasteiger partial charge in [0, 0.05) is 11.5 Å². The number of carbonyl (C=O) groups excluding carboxylic acids is 1. The van der Waals surface area contributed by atoms with Crippen LogP contribution in [-0.4, -0.2) is 30.6 Å². The standard InChI is InChI=1S/C17H24N4O3S2/c1-12(10-11-13-8-6-5-7-9-13)21-26(23,24)16-20-19-15(25-16)18-14(22)17(2,3)4/h5-9,12,21H,10-11H2,1-4H3,(H,18,19,22)/t12-/m0/s1. The molecule has 142 valence electrons. The molecule has 2 aromatic rings. The molecule has 2 rings (SSSR count). The van der Waals surface area contributed by atoms with Gasteiger partial charge in [-0.3, -0.25) is 4.79 Å². The molecule has 0 aliphatic carbocycles. The summed E-state index contributed by atoms with van der Waals surface area (Å²) >= 11 is 0.836. The third kappa shape index (κ3) is 5.86. The van der Waals surface area contributed by atoms with Crippen LogP contribution in [0.4, 0.5) is 5.13 Å². The molecular formula is C17H24N4O3S2. The van der Waals surface area contributed by atoms with Crippen molar-refractivity contribution in [3.05, 3.63) is 35.9 Å². The van der Waals surface area contributed by atoms with Crippen molar-refractivity contribution >= 4 is 32.4 Å². The smallest absolute Gasteiger partial charge is 0.270 e. The predicted octanol–water partition coefficient (Wildman–Crippen LogP) is 2.82. The Morgan fingerprint density at radius 1 is 1.19 bits per heavy atom. The van der Waals surface area contributed by atoms with Gasteiger partial charge in [-0.05, 0) is 25.3 Å². The zero-order chi connectivity index (χ0) is 19.4. The number of carbonyl (C=O) groups is 1. The fourth-order valence-corrected chi connectivity index (χ4v) is 4.24. The van der Waals surface area contributed by atoms with Crippen LogP contribution in [0.5, 0.6) is 0 Å². The summed E-state index contributed by atoms with van der Waals surface area (Å²) in [4.78, 5) is 12.0. The number of anilines is 1. The quantitative estimate of drug-likeness (QED) is 0.701. The number of rotatable bonds is 7. The summed E-state index contributed by atoms with van der Waals surface area (Å²) in [5.41, 5.74) is 0.552. The lowest BCUT2D eigenvalue weighted by Gasteiger charge is -2.15. The molecule has 9 heteroatoms. The van der Waals surface area contributed by atoms with Crippen LogP contribution in [0, 0.1) is 5.41 Å². The molecule has 1 amide bonds. The molecule has 26 heavy (non-hydrogen) atoms. The van der Waals surface area contributed by atoms with Crippen molar-refractivity contribution in [2.45, 2.75) is 50.9 Å². The average molecular weight is 397 g/mol. The van der Waals surface area contributed by atoms with E-state index in [1.807, 2.05) is 37.3 Å². The molecule has 1 heterocycles. The van der Waals surface area contributed by atoms with Crippen molar-refractivity contribution in [3.8, 4) is 0 Å². The lowest BCUT2D eigenvalue weighted by atomic mass is 9.96. The van der Waals surface area contributed by atoms with Crippen molar-refractivity contribution in [1.29, 1.82) is 0 Å². The molecule has 0 fully saturated rings. The van der Waals surface area contributed by atoms with E-state index < -0.39 is 15.4 Å². The Morgan fingerprint density at radius 2 is 1.85 bits per heavy atom. The summed E-state index contributed by atoms with van der Waals surface area (Å²) in [6.45, 7) is 7.09. The molecule has 1 aromatic heterocycles. The molecule has 0 aliphatic rings. The topological polar surface area (TPSA) is 101 Å². The van der Waals surface area contributed by atoms with Gasteiger partial charge in [-0.25, -0.2) is 13.1 Å². The normalized spacial score (nSPS) is 13.4. The van der Waals surface area contributed by atoms with Gasteiger partial charge in [-0.15, -0.1) is 10.2 Å². The SMILES string of the molecule is C[C@@H](CCc1ccccc1)NS(=O)(=O)c1nnc(NC(=O)C(C)(C)C)s1. The second-order valence-corrected chi connectivity index (χ2v) is 9.99. The lowest BCUT2D eigenvalue weighted by Crippen LogP contribution is -2.32. The molecule has 1 aromatic carbocycles. The van der Waals surface area contributed by atoms with Crippen molar-refractivity contribution in [3.63, 3.8) is 0 Å². The van der Waals surface area contributed by atoms with Crippen LogP contribution in [-0.2, 0) is 21.2 Å². The highest BCUT2D eigenvalue weighted by atomic mass is 32.2. The lowest BCUT2D eigenvalue weighted by molar-refractivity contribution is -0.123. The Bertz CT molecular complexity index is 842. The van der Waals surface area contributed by atoms with Crippen LogP contribution in [0.15, 0.2) is 34.7 Å². The number of nitrogens with one attached hydrogen (secondary N) is 2. The van der Waals surface area contributed by atoms with Gasteiger partial charge in [0.15, 0.2) is 0 Å². The molecule has 7 nitrogen and oxygen atoms in total. The van der Waals surface area contributed by atoms with Crippen molar-refractivity contribution < 1.29 is 13.2 Å². The van der Waals surface area contributed by atoms with Crippen LogP contribution in [0.25, 0.3) is 0 Å². The predicted molar refractivity (Wildman–Crippen MR) is 103 cm³/mol. The van der Waals surface area contributed by atoms with Crippen molar-refractivity contribution in [2.75, 3.05) is 5.32 Å². The van der Waals surface area contributed by atoms with E-state index in [-0.39, 0.29) is 21.4 Å². The van der Waals surface area contributed by atoms with Gasteiger partial charge in [0.2, 0.25) is 15.4 Å². The van der Waals surface area contributed by atoms with Crippen LogP contribution in [0.1, 0.15) is 39.7 Å². The largest absolute Gasteiger partial charge is 0.300 e. The summed E-state index contributed by atoms with van der Waals surface area (Å²) in [5, 5.41) is 10.2. The van der Waals surface area contributed by atoms with Crippen LogP contribution in [0.3, 0.4) is 0 Å². The molecule has 0 radical (unpaired) electrons. The maximum atomic E-state index is 12.4. The van der Waals surface area contributed by atoms with E-state index in [4.69, 9.17) is 0 Å². The van der Waals surface area contributed by atoms with E-state index in [9.17, 15) is 13.2 Å². The maximum Gasteiger partial charge on any atom is 0.270 e. The minimum atomic E-state index is -3.77. The zero-order valence-corrected chi connectivity index (χ0v) is 16.9. The van der Waals surface area contributed by atoms with Gasteiger partial charge < -0.3 is 5.32 Å². The first kappa shape index (κ1) is 20.5. The highest BCUT2D eigenvalue weighted by molar-refractivity contribution is 7.91. The first-order valence-electron chi connectivity index (χ1n) is 8.29. The number of hydrogen-bond acceptors (Lipinski definition) is 6. The van der Waals surface area contributed by atoms with E-state index in [2.05, 4.69) is 20.2 Å². The van der Waals surface area contributed by atoms with Gasteiger partial charge in [-0.2, -0.15) is 0 Å². The minimum absolute atomic E-state index is 0.159. The molecule has 0 unspecified atom stereocenters. The van der Waals surface area contributed by atoms with Gasteiger partial charge >= 0.3 is 0 Å². The van der Waals surface area contributed by atoms with Crippen LogP contribution in [0.2, 0.25) is 0 Å². The molecular weight excluding hydrogens is 372 g/mol. The van der Waals surface area contributed by atoms with Crippen LogP contribution >= 0.6 is 11.3 Å². The number of aryl methyl sites for hydroxylation is 1. The second kappa shape index (κ2) is 8.24. The summed E-state index contributed by atoms with van der Waals surface area (Å²) in [5.74, 6) is -0.248. The van der Waals surface area contributed by atoms with Gasteiger partial charge in [-0.1, -0.05) is 62.4 Å². The summed E-state index contributed by atoms with van der Waals surface area (Å²) < 4.78 is 27.3. The van der Waals surface area contributed by atoms with Gasteiger partial charge in [0.1, 0.15) is 0 Å². The fourth-order valence-electron chi connectivity index (χ4n) is 2.06. The molecule has 2 N–H and O–H groups in total. The Hall–Kier alpha value is -1.84. The Labute approximate surface area is 158 Å². The summed E-state index contributed by atoms with van der Waals surface area (Å²) in [7, 11) is -3.77. The molecule has 0 aliphatic heterocycles. The monoisotopic (exact) mass is 396 g/mol. The molecule has 1 atom stereocenters. The fraction of sp³-hybridized carbons (Fsp3) is 0.471. The number of hydrogen-bond donors (Lipinski definition) is 2. The van der Waals surface area contributed by atoms with Crippen LogP contribution < -0.4 is 10.0 Å². The minimum Gasteiger partial charge on any atom is -0.300 e. The Morgan fingerprint density at radius 3 is 2.46 bits per heavy atom. The number of benzene rings is 1. The Kier molecular flexibility index (Phi) is 6.48. The van der Waals surface area contributed by atoms with Crippen molar-refractivity contribution in [2.24, 2.45) is 5.41 Å². The first-order valence-corrected chi connectivity index (χ1v) is 10.6. The highest BCUT2D eigenvalue weighted by Gasteiger charge is 2.26.